The molecule has 7 heteroatoms. The lowest BCUT2D eigenvalue weighted by Gasteiger charge is -2.31. The lowest BCUT2D eigenvalue weighted by Crippen LogP contribution is -2.41. The molecule has 1 fully saturated rings. The summed E-state index contributed by atoms with van der Waals surface area (Å²) in [5, 5.41) is 7.17. The highest BCUT2D eigenvalue weighted by Crippen LogP contribution is 2.33. The molecule has 1 saturated heterocycles. The first-order valence-electron chi connectivity index (χ1n) is 6.59. The zero-order chi connectivity index (χ0) is 14.0. The smallest absolute Gasteiger partial charge is 0.155 e. The van der Waals surface area contributed by atoms with Crippen LogP contribution in [0, 0.1) is 0 Å². The number of hydrogen-bond acceptors (Lipinski definition) is 4. The maximum atomic E-state index is 12.3. The fourth-order valence-electron chi connectivity index (χ4n) is 2.75. The number of nitrogens with one attached hydrogen (secondary N) is 1. The van der Waals surface area contributed by atoms with E-state index < -0.39 is 9.84 Å². The van der Waals surface area contributed by atoms with Crippen molar-refractivity contribution < 1.29 is 8.42 Å². The fourth-order valence-corrected chi connectivity index (χ4v) is 5.42. The van der Waals surface area contributed by atoms with Gasteiger partial charge < -0.3 is 5.32 Å². The zero-order valence-corrected chi connectivity index (χ0v) is 13.7. The van der Waals surface area contributed by atoms with E-state index in [-0.39, 0.29) is 11.3 Å². The molecule has 2 unspecified atom stereocenters. The summed E-state index contributed by atoms with van der Waals surface area (Å²) in [6.07, 6.45) is 4.19. The summed E-state index contributed by atoms with van der Waals surface area (Å²) >= 11 is 3.47. The van der Waals surface area contributed by atoms with Crippen LogP contribution < -0.4 is 5.32 Å². The second kappa shape index (κ2) is 5.93. The highest BCUT2D eigenvalue weighted by Gasteiger charge is 2.38. The first-order valence-corrected chi connectivity index (χ1v) is 9.10. The van der Waals surface area contributed by atoms with Gasteiger partial charge in [0.25, 0.3) is 0 Å². The first kappa shape index (κ1) is 15.0. The number of aryl methyl sites for hydroxylation is 1. The van der Waals surface area contributed by atoms with Crippen LogP contribution in [0.5, 0.6) is 0 Å². The molecule has 2 rings (SSSR count). The van der Waals surface area contributed by atoms with E-state index in [9.17, 15) is 8.42 Å². The summed E-state index contributed by atoms with van der Waals surface area (Å²) in [4.78, 5) is 0. The van der Waals surface area contributed by atoms with Crippen LogP contribution in [0.2, 0.25) is 0 Å². The second-order valence-electron chi connectivity index (χ2n) is 4.94. The van der Waals surface area contributed by atoms with E-state index >= 15 is 0 Å². The standard InChI is InChI=1S/C12H20BrN3O2S/c1-3-14-11(12-9(13)8-15-16(12)2)10-6-4-5-7-19(10,17)18/h8,10-11,14H,3-7H2,1-2H3. The lowest BCUT2D eigenvalue weighted by atomic mass is 10.0. The van der Waals surface area contributed by atoms with E-state index in [0.29, 0.717) is 5.75 Å². The molecule has 0 radical (unpaired) electrons. The third-order valence-electron chi connectivity index (χ3n) is 3.66. The molecule has 1 aliphatic rings. The summed E-state index contributed by atoms with van der Waals surface area (Å²) < 4.78 is 27.3. The molecule has 19 heavy (non-hydrogen) atoms. The Balaban J connectivity index is 2.40. The summed E-state index contributed by atoms with van der Waals surface area (Å²) in [7, 11) is -1.18. The van der Waals surface area contributed by atoms with Gasteiger partial charge in [-0.25, -0.2) is 8.42 Å². The third-order valence-corrected chi connectivity index (χ3v) is 6.56. The van der Waals surface area contributed by atoms with E-state index in [1.54, 1.807) is 10.9 Å². The molecule has 1 aromatic heterocycles. The Bertz CT molecular complexity index is 522. The predicted octanol–water partition coefficient (Wildman–Crippen LogP) is 1.80. The Kier molecular flexibility index (Phi) is 4.68. The van der Waals surface area contributed by atoms with Crippen molar-refractivity contribution >= 4 is 25.8 Å². The monoisotopic (exact) mass is 349 g/mol. The lowest BCUT2D eigenvalue weighted by molar-refractivity contribution is 0.434. The minimum absolute atomic E-state index is 0.197. The van der Waals surface area contributed by atoms with Crippen LogP contribution in [-0.2, 0) is 16.9 Å². The van der Waals surface area contributed by atoms with Crippen molar-refractivity contribution in [1.29, 1.82) is 0 Å². The fraction of sp³-hybridized carbons (Fsp3) is 0.750. The summed E-state index contributed by atoms with van der Waals surface area (Å²) in [6, 6.07) is -0.197. The molecule has 0 amide bonds. The number of sulfone groups is 1. The van der Waals surface area contributed by atoms with Crippen LogP contribution in [0.25, 0.3) is 0 Å². The molecular formula is C12H20BrN3O2S. The molecule has 0 spiro atoms. The number of rotatable bonds is 4. The summed E-state index contributed by atoms with van der Waals surface area (Å²) in [6.45, 7) is 2.72. The first-order chi connectivity index (χ1) is 8.97. The van der Waals surface area contributed by atoms with Gasteiger partial charge in [-0.3, -0.25) is 4.68 Å². The molecular weight excluding hydrogens is 330 g/mol. The zero-order valence-electron chi connectivity index (χ0n) is 11.3. The summed E-state index contributed by atoms with van der Waals surface area (Å²) in [5.74, 6) is 0.301. The molecule has 0 bridgehead atoms. The topological polar surface area (TPSA) is 64.0 Å². The van der Waals surface area contributed by atoms with E-state index in [1.165, 1.54) is 0 Å². The van der Waals surface area contributed by atoms with Gasteiger partial charge in [-0.2, -0.15) is 5.10 Å². The molecule has 2 heterocycles. The van der Waals surface area contributed by atoms with Gasteiger partial charge >= 0.3 is 0 Å². The van der Waals surface area contributed by atoms with Crippen molar-refractivity contribution in [2.45, 2.75) is 37.5 Å². The number of halogens is 1. The third kappa shape index (κ3) is 3.03. The largest absolute Gasteiger partial charge is 0.308 e. The molecule has 0 saturated carbocycles. The van der Waals surface area contributed by atoms with Gasteiger partial charge in [0.15, 0.2) is 9.84 Å². The molecule has 1 aliphatic heterocycles. The van der Waals surface area contributed by atoms with Crippen molar-refractivity contribution in [3.63, 3.8) is 0 Å². The number of nitrogens with zero attached hydrogens (tertiary/aromatic N) is 2. The van der Waals surface area contributed by atoms with Gasteiger partial charge in [0.05, 0.1) is 33.4 Å². The van der Waals surface area contributed by atoms with Crippen LogP contribution in [0.4, 0.5) is 0 Å². The minimum Gasteiger partial charge on any atom is -0.308 e. The molecule has 0 aromatic carbocycles. The van der Waals surface area contributed by atoms with Gasteiger partial charge in [0, 0.05) is 7.05 Å². The van der Waals surface area contributed by atoms with Crippen molar-refractivity contribution in [2.75, 3.05) is 12.3 Å². The van der Waals surface area contributed by atoms with Crippen molar-refractivity contribution in [3.8, 4) is 0 Å². The van der Waals surface area contributed by atoms with Crippen molar-refractivity contribution in [2.24, 2.45) is 7.05 Å². The van der Waals surface area contributed by atoms with Crippen LogP contribution >= 0.6 is 15.9 Å². The SMILES string of the molecule is CCNC(c1c(Br)cnn1C)C1CCCCS1(=O)=O. The minimum atomic E-state index is -3.03. The average Bonchev–Trinajstić information content (AvgIpc) is 2.67. The quantitative estimate of drug-likeness (QED) is 0.900. The van der Waals surface area contributed by atoms with Crippen LogP contribution in [0.15, 0.2) is 10.7 Å². The van der Waals surface area contributed by atoms with Gasteiger partial charge in [-0.05, 0) is 35.3 Å². The van der Waals surface area contributed by atoms with E-state index in [0.717, 1.165) is 36.0 Å². The number of hydrogen-bond donors (Lipinski definition) is 1. The van der Waals surface area contributed by atoms with E-state index in [4.69, 9.17) is 0 Å². The van der Waals surface area contributed by atoms with Crippen LogP contribution in [0.3, 0.4) is 0 Å². The van der Waals surface area contributed by atoms with Gasteiger partial charge in [-0.15, -0.1) is 0 Å². The van der Waals surface area contributed by atoms with Gasteiger partial charge in [0.2, 0.25) is 0 Å². The second-order valence-corrected chi connectivity index (χ2v) is 8.13. The Labute approximate surface area is 122 Å². The predicted molar refractivity (Wildman–Crippen MR) is 78.8 cm³/mol. The summed E-state index contributed by atoms with van der Waals surface area (Å²) in [5.41, 5.74) is 0.914. The molecule has 1 aromatic rings. The van der Waals surface area contributed by atoms with Gasteiger partial charge in [-0.1, -0.05) is 13.3 Å². The molecule has 2 atom stereocenters. The maximum absolute atomic E-state index is 12.3. The molecule has 1 N–H and O–H groups in total. The molecule has 0 aliphatic carbocycles. The Morgan fingerprint density at radius 1 is 1.58 bits per heavy atom. The normalized spacial score (nSPS) is 24.3. The Morgan fingerprint density at radius 3 is 2.84 bits per heavy atom. The van der Waals surface area contributed by atoms with Gasteiger partial charge in [0.1, 0.15) is 0 Å². The van der Waals surface area contributed by atoms with Crippen molar-refractivity contribution in [3.05, 3.63) is 16.4 Å². The average molecular weight is 350 g/mol. The highest BCUT2D eigenvalue weighted by molar-refractivity contribution is 9.10. The van der Waals surface area contributed by atoms with Crippen molar-refractivity contribution in [1.82, 2.24) is 15.1 Å². The van der Waals surface area contributed by atoms with E-state index in [2.05, 4.69) is 26.3 Å². The highest BCUT2D eigenvalue weighted by atomic mass is 79.9. The van der Waals surface area contributed by atoms with Crippen LogP contribution in [-0.4, -0.2) is 35.7 Å². The van der Waals surface area contributed by atoms with Crippen LogP contribution in [0.1, 0.15) is 37.9 Å². The molecule has 108 valence electrons. The Morgan fingerprint density at radius 2 is 2.32 bits per heavy atom. The number of aromatic nitrogens is 2. The molecule has 5 nitrogen and oxygen atoms in total. The Hall–Kier alpha value is -0.400. The maximum Gasteiger partial charge on any atom is 0.155 e. The van der Waals surface area contributed by atoms with E-state index in [1.807, 2.05) is 14.0 Å².